The van der Waals surface area contributed by atoms with Gasteiger partial charge in [0.2, 0.25) is 10.0 Å². The minimum atomic E-state index is -4.06. The number of nitrogens with zero attached hydrogens (tertiary/aromatic N) is 2. The molecule has 164 valence electrons. The van der Waals surface area contributed by atoms with Gasteiger partial charge in [-0.2, -0.15) is 4.31 Å². The molecule has 1 amide bonds. The number of amides is 1. The number of benzene rings is 2. The number of carbonyl (C=O) groups excluding carboxylic acids is 2. The van der Waals surface area contributed by atoms with Crippen LogP contribution in [-0.2, 0) is 30.8 Å². The molecule has 0 radical (unpaired) electrons. The summed E-state index contributed by atoms with van der Waals surface area (Å²) in [4.78, 5) is 26.7. The molecule has 4 rings (SSSR count). The molecule has 8 nitrogen and oxygen atoms in total. The summed E-state index contributed by atoms with van der Waals surface area (Å²) in [5.41, 5.74) is 1.83. The Morgan fingerprint density at radius 1 is 1.13 bits per heavy atom. The van der Waals surface area contributed by atoms with Crippen molar-refractivity contribution in [3.8, 4) is 0 Å². The van der Waals surface area contributed by atoms with Crippen LogP contribution in [0.25, 0.3) is 0 Å². The summed E-state index contributed by atoms with van der Waals surface area (Å²) in [6, 6.07) is 11.8. The number of ether oxygens (including phenoxy) is 1. The lowest BCUT2D eigenvalue weighted by molar-refractivity contribution is -0.151. The van der Waals surface area contributed by atoms with Gasteiger partial charge < -0.3 is 14.7 Å². The number of β-amino-alcohol motifs (C(OH)–C–C–N with tert-alkyl or cyclic N) is 1. The number of carbonyl (C=O) groups is 2. The summed E-state index contributed by atoms with van der Waals surface area (Å²) in [5.74, 6) is -1.25. The molecule has 1 fully saturated rings. The zero-order chi connectivity index (χ0) is 22.2. The average molecular weight is 465 g/mol. The monoisotopic (exact) mass is 464 g/mol. The number of sulfonamides is 1. The van der Waals surface area contributed by atoms with Gasteiger partial charge in [0.05, 0.1) is 11.0 Å². The largest absolute Gasteiger partial charge is 0.454 e. The quantitative estimate of drug-likeness (QED) is 0.674. The normalized spacial score (nSPS) is 21.2. The van der Waals surface area contributed by atoms with E-state index in [1.54, 1.807) is 4.90 Å². The van der Waals surface area contributed by atoms with Gasteiger partial charge in [0.1, 0.15) is 6.04 Å². The minimum Gasteiger partial charge on any atom is -0.454 e. The lowest BCUT2D eigenvalue weighted by Gasteiger charge is -2.23. The summed E-state index contributed by atoms with van der Waals surface area (Å²) >= 11 is 5.82. The summed E-state index contributed by atoms with van der Waals surface area (Å²) in [6.07, 6.45) is -0.398. The minimum absolute atomic E-state index is 0.0476. The number of hydrogen-bond donors (Lipinski definition) is 1. The Morgan fingerprint density at radius 3 is 2.58 bits per heavy atom. The van der Waals surface area contributed by atoms with Gasteiger partial charge in [-0.3, -0.25) is 9.59 Å². The molecule has 0 saturated carbocycles. The maximum atomic E-state index is 13.0. The molecule has 0 bridgehead atoms. The van der Waals surface area contributed by atoms with Crippen molar-refractivity contribution in [2.24, 2.45) is 0 Å². The second-order valence-corrected chi connectivity index (χ2v) is 9.79. The lowest BCUT2D eigenvalue weighted by atomic mass is 10.2. The van der Waals surface area contributed by atoms with E-state index >= 15 is 0 Å². The Bertz CT molecular complexity index is 1110. The zero-order valence-corrected chi connectivity index (χ0v) is 18.1. The fourth-order valence-electron chi connectivity index (χ4n) is 3.91. The van der Waals surface area contributed by atoms with Gasteiger partial charge in [-0.15, -0.1) is 0 Å². The molecule has 1 N–H and O–H groups in total. The Morgan fingerprint density at radius 2 is 1.84 bits per heavy atom. The van der Waals surface area contributed by atoms with E-state index in [9.17, 15) is 23.1 Å². The fraction of sp³-hybridized carbons (Fsp3) is 0.333. The van der Waals surface area contributed by atoms with Crippen LogP contribution in [0.5, 0.6) is 0 Å². The summed E-state index contributed by atoms with van der Waals surface area (Å²) in [6.45, 7) is -0.248. The third-order valence-electron chi connectivity index (χ3n) is 5.45. The van der Waals surface area contributed by atoms with Gasteiger partial charge in [0.25, 0.3) is 5.91 Å². The van der Waals surface area contributed by atoms with E-state index < -0.39 is 34.7 Å². The Labute approximate surface area is 185 Å². The van der Waals surface area contributed by atoms with Crippen LogP contribution in [0.15, 0.2) is 53.4 Å². The molecule has 31 heavy (non-hydrogen) atoms. The highest BCUT2D eigenvalue weighted by molar-refractivity contribution is 7.89. The predicted molar refractivity (Wildman–Crippen MR) is 113 cm³/mol. The average Bonchev–Trinajstić information content (AvgIpc) is 3.36. The zero-order valence-electron chi connectivity index (χ0n) is 16.5. The van der Waals surface area contributed by atoms with Crippen molar-refractivity contribution in [3.05, 3.63) is 59.1 Å². The molecule has 10 heteroatoms. The van der Waals surface area contributed by atoms with Crippen molar-refractivity contribution in [2.75, 3.05) is 24.6 Å². The van der Waals surface area contributed by atoms with Gasteiger partial charge in [-0.25, -0.2) is 8.42 Å². The van der Waals surface area contributed by atoms with Crippen LogP contribution < -0.4 is 4.90 Å². The molecule has 2 aliphatic rings. The topological polar surface area (TPSA) is 104 Å². The maximum Gasteiger partial charge on any atom is 0.325 e. The van der Waals surface area contributed by atoms with Gasteiger partial charge in [-0.05, 0) is 42.3 Å². The van der Waals surface area contributed by atoms with E-state index in [1.165, 1.54) is 24.3 Å². The summed E-state index contributed by atoms with van der Waals surface area (Å²) in [5, 5.41) is 10.4. The molecule has 0 aromatic heterocycles. The maximum absolute atomic E-state index is 13.0. The van der Waals surface area contributed by atoms with Crippen molar-refractivity contribution in [2.45, 2.75) is 29.9 Å². The van der Waals surface area contributed by atoms with Crippen molar-refractivity contribution in [1.29, 1.82) is 0 Å². The molecule has 0 spiro atoms. The second kappa shape index (κ2) is 8.58. The highest BCUT2D eigenvalue weighted by Crippen LogP contribution is 2.29. The van der Waals surface area contributed by atoms with Gasteiger partial charge in [-0.1, -0.05) is 29.8 Å². The number of halogens is 1. The highest BCUT2D eigenvalue weighted by atomic mass is 35.5. The van der Waals surface area contributed by atoms with E-state index in [4.69, 9.17) is 16.3 Å². The molecule has 1 saturated heterocycles. The number of rotatable bonds is 5. The summed E-state index contributed by atoms with van der Waals surface area (Å²) < 4.78 is 32.1. The first-order valence-electron chi connectivity index (χ1n) is 9.78. The van der Waals surface area contributed by atoms with Crippen LogP contribution >= 0.6 is 11.6 Å². The summed E-state index contributed by atoms with van der Waals surface area (Å²) in [7, 11) is -4.06. The molecular weight excluding hydrogens is 444 g/mol. The van der Waals surface area contributed by atoms with Crippen molar-refractivity contribution in [1.82, 2.24) is 4.31 Å². The first-order valence-corrected chi connectivity index (χ1v) is 11.6. The van der Waals surface area contributed by atoms with E-state index in [2.05, 4.69) is 0 Å². The second-order valence-electron chi connectivity index (χ2n) is 7.47. The number of aliphatic hydroxyl groups excluding tert-OH is 1. The van der Waals surface area contributed by atoms with Crippen LogP contribution in [0.4, 0.5) is 5.69 Å². The first-order chi connectivity index (χ1) is 14.8. The molecular formula is C21H21ClN2O6S. The van der Waals surface area contributed by atoms with Crippen LogP contribution in [0.1, 0.15) is 12.0 Å². The number of esters is 1. The molecule has 2 heterocycles. The van der Waals surface area contributed by atoms with Crippen LogP contribution in [0.2, 0.25) is 5.02 Å². The van der Waals surface area contributed by atoms with Gasteiger partial charge >= 0.3 is 5.97 Å². The standard InChI is InChI=1S/C21H21ClN2O6S/c22-15-5-7-17(8-6-15)31(28,29)24-12-16(25)11-19(24)21(27)30-13-20(26)23-10-9-14-3-1-2-4-18(14)23/h1-8,16,19,25H,9-13H2/t16?,19-/m0/s1. The van der Waals surface area contributed by atoms with Crippen LogP contribution in [-0.4, -0.2) is 61.5 Å². The SMILES string of the molecule is O=C(OCC(=O)N1CCc2ccccc21)[C@@H]1CC(O)CN1S(=O)(=O)c1ccc(Cl)cc1. The number of aliphatic hydroxyl groups is 1. The molecule has 1 unspecified atom stereocenters. The molecule has 2 aromatic rings. The highest BCUT2D eigenvalue weighted by Gasteiger charge is 2.44. The third kappa shape index (κ3) is 4.31. The predicted octanol–water partition coefficient (Wildman–Crippen LogP) is 1.60. The number of hydrogen-bond acceptors (Lipinski definition) is 6. The van der Waals surface area contributed by atoms with Crippen molar-refractivity contribution in [3.63, 3.8) is 0 Å². The Kier molecular flexibility index (Phi) is 6.02. The fourth-order valence-corrected chi connectivity index (χ4v) is 5.66. The number of para-hydroxylation sites is 1. The number of anilines is 1. The van der Waals surface area contributed by atoms with Gasteiger partial charge in [0, 0.05) is 30.2 Å². The van der Waals surface area contributed by atoms with Crippen molar-refractivity contribution >= 4 is 39.2 Å². The van der Waals surface area contributed by atoms with E-state index in [0.29, 0.717) is 11.6 Å². The van der Waals surface area contributed by atoms with E-state index in [0.717, 1.165) is 22.0 Å². The smallest absolute Gasteiger partial charge is 0.325 e. The first kappa shape index (κ1) is 21.8. The lowest BCUT2D eigenvalue weighted by Crippen LogP contribution is -2.42. The molecule has 2 aromatic carbocycles. The Balaban J connectivity index is 1.45. The van der Waals surface area contributed by atoms with Crippen LogP contribution in [0, 0.1) is 0 Å². The van der Waals surface area contributed by atoms with Crippen molar-refractivity contribution < 1.29 is 27.9 Å². The van der Waals surface area contributed by atoms with E-state index in [-0.39, 0.29) is 23.8 Å². The Hall–Kier alpha value is -2.46. The van der Waals surface area contributed by atoms with Gasteiger partial charge in [0.15, 0.2) is 6.61 Å². The molecule has 0 aliphatic carbocycles. The number of fused-ring (bicyclic) bond motifs is 1. The van der Waals surface area contributed by atoms with Crippen LogP contribution in [0.3, 0.4) is 0 Å². The van der Waals surface area contributed by atoms with E-state index in [1.807, 2.05) is 24.3 Å². The third-order valence-corrected chi connectivity index (χ3v) is 7.59. The molecule has 2 aliphatic heterocycles. The molecule has 2 atom stereocenters.